The second kappa shape index (κ2) is 6.55. The SMILES string of the molecule is Cc1nc(N(C)Cc2ccccc2)cc(N2CCc3ccccc32)n1. The fraction of sp³-hybridized carbons (Fsp3) is 0.238. The highest BCUT2D eigenvalue weighted by Crippen LogP contribution is 2.34. The smallest absolute Gasteiger partial charge is 0.138 e. The van der Waals surface area contributed by atoms with Crippen LogP contribution in [-0.4, -0.2) is 23.6 Å². The Bertz CT molecular complexity index is 876. The zero-order chi connectivity index (χ0) is 17.2. The Morgan fingerprint density at radius 2 is 1.76 bits per heavy atom. The summed E-state index contributed by atoms with van der Waals surface area (Å²) in [5.41, 5.74) is 3.92. The molecule has 0 N–H and O–H groups in total. The lowest BCUT2D eigenvalue weighted by atomic mass is 10.2. The predicted octanol–water partition coefficient (Wildman–Crippen LogP) is 4.12. The van der Waals surface area contributed by atoms with Crippen molar-refractivity contribution >= 4 is 17.3 Å². The number of nitrogens with zero attached hydrogens (tertiary/aromatic N) is 4. The number of benzene rings is 2. The predicted molar refractivity (Wildman–Crippen MR) is 102 cm³/mol. The zero-order valence-corrected chi connectivity index (χ0v) is 14.7. The third-order valence-electron chi connectivity index (χ3n) is 4.63. The van der Waals surface area contributed by atoms with E-state index in [0.717, 1.165) is 37.0 Å². The molecule has 126 valence electrons. The van der Waals surface area contributed by atoms with Crippen molar-refractivity contribution < 1.29 is 0 Å². The summed E-state index contributed by atoms with van der Waals surface area (Å²) < 4.78 is 0. The fourth-order valence-corrected chi connectivity index (χ4v) is 3.38. The van der Waals surface area contributed by atoms with Crippen LogP contribution in [0.25, 0.3) is 0 Å². The molecular weight excluding hydrogens is 308 g/mol. The van der Waals surface area contributed by atoms with E-state index >= 15 is 0 Å². The van der Waals surface area contributed by atoms with Crippen LogP contribution in [0, 0.1) is 6.92 Å². The molecule has 1 aliphatic rings. The summed E-state index contributed by atoms with van der Waals surface area (Å²) in [7, 11) is 2.08. The fourth-order valence-electron chi connectivity index (χ4n) is 3.38. The molecule has 2 aromatic carbocycles. The number of anilines is 3. The lowest BCUT2D eigenvalue weighted by Crippen LogP contribution is -2.21. The van der Waals surface area contributed by atoms with Gasteiger partial charge in [0.15, 0.2) is 0 Å². The van der Waals surface area contributed by atoms with Gasteiger partial charge in [-0.3, -0.25) is 0 Å². The first-order chi connectivity index (χ1) is 12.2. The van der Waals surface area contributed by atoms with Gasteiger partial charge in [0, 0.05) is 31.9 Å². The summed E-state index contributed by atoms with van der Waals surface area (Å²) in [5, 5.41) is 0. The van der Waals surface area contributed by atoms with Gasteiger partial charge in [0.25, 0.3) is 0 Å². The molecule has 1 aliphatic heterocycles. The maximum absolute atomic E-state index is 4.69. The maximum Gasteiger partial charge on any atom is 0.138 e. The summed E-state index contributed by atoms with van der Waals surface area (Å²) in [6.07, 6.45) is 1.06. The van der Waals surface area contributed by atoms with E-state index in [1.165, 1.54) is 16.8 Å². The van der Waals surface area contributed by atoms with Gasteiger partial charge in [0.2, 0.25) is 0 Å². The highest BCUT2D eigenvalue weighted by atomic mass is 15.2. The normalized spacial score (nSPS) is 13.0. The van der Waals surface area contributed by atoms with Crippen LogP contribution < -0.4 is 9.80 Å². The zero-order valence-electron chi connectivity index (χ0n) is 14.7. The number of fused-ring (bicyclic) bond motifs is 1. The lowest BCUT2D eigenvalue weighted by Gasteiger charge is -2.23. The van der Waals surface area contributed by atoms with E-state index in [2.05, 4.69) is 76.4 Å². The molecule has 0 radical (unpaired) electrons. The monoisotopic (exact) mass is 330 g/mol. The summed E-state index contributed by atoms with van der Waals surface area (Å²) in [4.78, 5) is 13.8. The Morgan fingerprint density at radius 3 is 2.60 bits per heavy atom. The van der Waals surface area contributed by atoms with Gasteiger partial charge in [-0.15, -0.1) is 0 Å². The second-order valence-corrected chi connectivity index (χ2v) is 6.50. The van der Waals surface area contributed by atoms with E-state index in [1.807, 2.05) is 13.0 Å². The quantitative estimate of drug-likeness (QED) is 0.720. The first kappa shape index (κ1) is 15.6. The molecule has 2 heterocycles. The number of aromatic nitrogens is 2. The van der Waals surface area contributed by atoms with Gasteiger partial charge in [-0.2, -0.15) is 0 Å². The molecular formula is C21H22N4. The molecule has 0 bridgehead atoms. The molecule has 0 spiro atoms. The molecule has 0 amide bonds. The molecule has 0 aliphatic carbocycles. The standard InChI is InChI=1S/C21H22N4/c1-16-22-20(24(2)15-17-8-4-3-5-9-17)14-21(23-16)25-13-12-18-10-6-7-11-19(18)25/h3-11,14H,12-13,15H2,1-2H3. The summed E-state index contributed by atoms with van der Waals surface area (Å²) >= 11 is 0. The van der Waals surface area contributed by atoms with Crippen LogP contribution >= 0.6 is 0 Å². The highest BCUT2D eigenvalue weighted by molar-refractivity contribution is 5.69. The molecule has 1 aromatic heterocycles. The molecule has 0 fully saturated rings. The van der Waals surface area contributed by atoms with Crippen LogP contribution in [0.15, 0.2) is 60.7 Å². The van der Waals surface area contributed by atoms with Crippen LogP contribution in [0.5, 0.6) is 0 Å². The van der Waals surface area contributed by atoms with Crippen molar-refractivity contribution in [1.82, 2.24) is 9.97 Å². The minimum Gasteiger partial charge on any atom is -0.355 e. The van der Waals surface area contributed by atoms with Crippen LogP contribution in [-0.2, 0) is 13.0 Å². The summed E-state index contributed by atoms with van der Waals surface area (Å²) in [6.45, 7) is 3.76. The number of para-hydroxylation sites is 1. The number of aryl methyl sites for hydroxylation is 1. The van der Waals surface area contributed by atoms with Crippen molar-refractivity contribution in [3.8, 4) is 0 Å². The van der Waals surface area contributed by atoms with Crippen molar-refractivity contribution in [2.75, 3.05) is 23.4 Å². The van der Waals surface area contributed by atoms with Crippen molar-refractivity contribution in [3.05, 3.63) is 77.6 Å². The topological polar surface area (TPSA) is 32.3 Å². The average molecular weight is 330 g/mol. The average Bonchev–Trinajstić information content (AvgIpc) is 3.06. The molecule has 0 saturated carbocycles. The van der Waals surface area contributed by atoms with Gasteiger partial charge in [-0.25, -0.2) is 9.97 Å². The molecule has 4 nitrogen and oxygen atoms in total. The Labute approximate surface area is 148 Å². The Kier molecular flexibility index (Phi) is 4.10. The summed E-state index contributed by atoms with van der Waals surface area (Å²) in [6, 6.07) is 21.1. The molecule has 25 heavy (non-hydrogen) atoms. The van der Waals surface area contributed by atoms with Crippen LogP contribution in [0.3, 0.4) is 0 Å². The minimum atomic E-state index is 0.803. The Hall–Kier alpha value is -2.88. The van der Waals surface area contributed by atoms with Crippen LogP contribution in [0.4, 0.5) is 17.3 Å². The minimum absolute atomic E-state index is 0.803. The van der Waals surface area contributed by atoms with Crippen LogP contribution in [0.2, 0.25) is 0 Å². The van der Waals surface area contributed by atoms with Crippen molar-refractivity contribution in [3.63, 3.8) is 0 Å². The molecule has 4 heteroatoms. The Balaban J connectivity index is 1.63. The van der Waals surface area contributed by atoms with E-state index in [0.29, 0.717) is 0 Å². The number of rotatable bonds is 4. The Morgan fingerprint density at radius 1 is 1.00 bits per heavy atom. The summed E-state index contributed by atoms with van der Waals surface area (Å²) in [5.74, 6) is 2.74. The molecule has 4 rings (SSSR count). The van der Waals surface area contributed by atoms with E-state index in [-0.39, 0.29) is 0 Å². The molecule has 3 aromatic rings. The van der Waals surface area contributed by atoms with Crippen molar-refractivity contribution in [2.45, 2.75) is 19.9 Å². The van der Waals surface area contributed by atoms with Crippen molar-refractivity contribution in [2.24, 2.45) is 0 Å². The highest BCUT2D eigenvalue weighted by Gasteiger charge is 2.22. The third-order valence-corrected chi connectivity index (χ3v) is 4.63. The second-order valence-electron chi connectivity index (χ2n) is 6.50. The first-order valence-corrected chi connectivity index (χ1v) is 8.67. The van der Waals surface area contributed by atoms with E-state index in [4.69, 9.17) is 4.98 Å². The van der Waals surface area contributed by atoms with E-state index < -0.39 is 0 Å². The van der Waals surface area contributed by atoms with Gasteiger partial charge in [-0.05, 0) is 30.5 Å². The van der Waals surface area contributed by atoms with Crippen molar-refractivity contribution in [1.29, 1.82) is 0 Å². The number of hydrogen-bond acceptors (Lipinski definition) is 4. The van der Waals surface area contributed by atoms with Gasteiger partial charge in [0.05, 0.1) is 0 Å². The van der Waals surface area contributed by atoms with Gasteiger partial charge < -0.3 is 9.80 Å². The van der Waals surface area contributed by atoms with Gasteiger partial charge in [-0.1, -0.05) is 48.5 Å². The lowest BCUT2D eigenvalue weighted by molar-refractivity contribution is 0.870. The third kappa shape index (κ3) is 3.20. The van der Waals surface area contributed by atoms with E-state index in [9.17, 15) is 0 Å². The van der Waals surface area contributed by atoms with E-state index in [1.54, 1.807) is 0 Å². The largest absolute Gasteiger partial charge is 0.355 e. The first-order valence-electron chi connectivity index (χ1n) is 8.67. The van der Waals surface area contributed by atoms with Gasteiger partial charge in [0.1, 0.15) is 17.5 Å². The van der Waals surface area contributed by atoms with Crippen LogP contribution in [0.1, 0.15) is 17.0 Å². The molecule has 0 unspecified atom stereocenters. The molecule has 0 atom stereocenters. The molecule has 0 saturated heterocycles. The van der Waals surface area contributed by atoms with Gasteiger partial charge >= 0.3 is 0 Å². The maximum atomic E-state index is 4.69. The number of hydrogen-bond donors (Lipinski definition) is 0.